The van der Waals surface area contributed by atoms with Crippen molar-refractivity contribution in [2.75, 3.05) is 31.1 Å². The number of carbonyl (C=O) groups excluding carboxylic acids is 1. The molecule has 146 valence electrons. The average Bonchev–Trinajstić information content (AvgIpc) is 3.20. The number of nitrogens with zero attached hydrogens (tertiary/aromatic N) is 3. The van der Waals surface area contributed by atoms with Gasteiger partial charge >= 0.3 is 0 Å². The van der Waals surface area contributed by atoms with E-state index in [0.717, 1.165) is 51.9 Å². The number of aromatic nitrogens is 2. The third-order valence-corrected chi connectivity index (χ3v) is 5.36. The molecule has 0 bridgehead atoms. The molecule has 2 saturated heterocycles. The summed E-state index contributed by atoms with van der Waals surface area (Å²) >= 11 is 0. The minimum absolute atomic E-state index is 0. The minimum atomic E-state index is -0.0626. The largest absolute Gasteiger partial charge is 0.369 e. The quantitative estimate of drug-likeness (QED) is 0.843. The first-order valence-corrected chi connectivity index (χ1v) is 9.66. The molecule has 7 heteroatoms. The molecule has 2 aliphatic rings. The second-order valence-electron chi connectivity index (χ2n) is 7.28. The lowest BCUT2D eigenvalue weighted by atomic mass is 10.0. The summed E-state index contributed by atoms with van der Waals surface area (Å²) in [4.78, 5) is 15.0. The van der Waals surface area contributed by atoms with E-state index in [4.69, 9.17) is 0 Å². The first-order valence-electron chi connectivity index (χ1n) is 9.66. The van der Waals surface area contributed by atoms with E-state index in [0.29, 0.717) is 11.7 Å². The molecule has 2 aromatic rings. The maximum absolute atomic E-state index is 12.6. The Balaban J connectivity index is 0.00000210. The van der Waals surface area contributed by atoms with Gasteiger partial charge in [0.25, 0.3) is 5.91 Å². The molecule has 1 aromatic heterocycles. The second kappa shape index (κ2) is 9.24. The molecule has 0 spiro atoms. The number of amides is 1. The van der Waals surface area contributed by atoms with E-state index in [-0.39, 0.29) is 24.4 Å². The second-order valence-corrected chi connectivity index (χ2v) is 7.28. The van der Waals surface area contributed by atoms with Crippen molar-refractivity contribution in [1.82, 2.24) is 20.4 Å². The Bertz CT molecular complexity index is 729. The molecule has 0 aliphatic carbocycles. The number of carbonyl (C=O) groups is 1. The van der Waals surface area contributed by atoms with Crippen molar-refractivity contribution in [2.45, 2.75) is 37.8 Å². The van der Waals surface area contributed by atoms with Crippen LogP contribution in [0.3, 0.4) is 0 Å². The van der Waals surface area contributed by atoms with E-state index in [2.05, 4.69) is 44.9 Å². The standard InChI is InChI=1S/C20H27N5O.ClH/c26-20(19-10-13-25(23-19)18-9-4-11-21-14-18)22-16-6-5-12-24(15-16)17-7-2-1-3-8-17;/h1-3,7-8,10,13,16,18,21H,4-6,9,11-12,14-15H2,(H,22,26);1H. The number of benzene rings is 1. The van der Waals surface area contributed by atoms with Crippen LogP contribution in [-0.4, -0.2) is 47.9 Å². The lowest BCUT2D eigenvalue weighted by Crippen LogP contribution is -2.48. The van der Waals surface area contributed by atoms with Crippen LogP contribution in [0.1, 0.15) is 42.2 Å². The molecule has 6 nitrogen and oxygen atoms in total. The number of hydrogen-bond donors (Lipinski definition) is 2. The SMILES string of the molecule is Cl.O=C(NC1CCCN(c2ccccc2)C1)c1ccn(C2CCCNC2)n1. The first-order chi connectivity index (χ1) is 12.8. The van der Waals surface area contributed by atoms with Crippen LogP contribution in [0.5, 0.6) is 0 Å². The molecular formula is C20H28ClN5O. The summed E-state index contributed by atoms with van der Waals surface area (Å²) in [6.45, 7) is 3.89. The normalized spacial score (nSPS) is 22.7. The van der Waals surface area contributed by atoms with Crippen molar-refractivity contribution in [3.05, 3.63) is 48.3 Å². The predicted octanol–water partition coefficient (Wildman–Crippen LogP) is 2.63. The van der Waals surface area contributed by atoms with Gasteiger partial charge in [0, 0.05) is 37.6 Å². The van der Waals surface area contributed by atoms with Gasteiger partial charge in [-0.1, -0.05) is 18.2 Å². The smallest absolute Gasteiger partial charge is 0.272 e. The van der Waals surface area contributed by atoms with Gasteiger partial charge in [-0.05, 0) is 50.4 Å². The molecule has 1 amide bonds. The van der Waals surface area contributed by atoms with Crippen molar-refractivity contribution in [2.24, 2.45) is 0 Å². The first kappa shape index (κ1) is 19.7. The lowest BCUT2D eigenvalue weighted by molar-refractivity contribution is 0.0926. The Labute approximate surface area is 166 Å². The molecule has 1 aromatic carbocycles. The van der Waals surface area contributed by atoms with Crippen molar-refractivity contribution in [3.63, 3.8) is 0 Å². The lowest BCUT2D eigenvalue weighted by Gasteiger charge is -2.34. The summed E-state index contributed by atoms with van der Waals surface area (Å²) in [6, 6.07) is 12.8. The van der Waals surface area contributed by atoms with E-state index < -0.39 is 0 Å². The van der Waals surface area contributed by atoms with Crippen LogP contribution in [0, 0.1) is 0 Å². The zero-order chi connectivity index (χ0) is 17.8. The van der Waals surface area contributed by atoms with Crippen molar-refractivity contribution in [1.29, 1.82) is 0 Å². The zero-order valence-electron chi connectivity index (χ0n) is 15.5. The average molecular weight is 390 g/mol. The van der Waals surface area contributed by atoms with Gasteiger partial charge in [-0.15, -0.1) is 12.4 Å². The summed E-state index contributed by atoms with van der Waals surface area (Å²) in [7, 11) is 0. The van der Waals surface area contributed by atoms with Crippen molar-refractivity contribution < 1.29 is 4.79 Å². The third kappa shape index (κ3) is 4.82. The van der Waals surface area contributed by atoms with Gasteiger partial charge in [-0.25, -0.2) is 0 Å². The number of halogens is 1. The maximum atomic E-state index is 12.6. The fourth-order valence-electron chi connectivity index (χ4n) is 3.95. The van der Waals surface area contributed by atoms with Crippen molar-refractivity contribution in [3.8, 4) is 0 Å². The minimum Gasteiger partial charge on any atom is -0.369 e. The molecular weight excluding hydrogens is 362 g/mol. The molecule has 2 aliphatic heterocycles. The van der Waals surface area contributed by atoms with E-state index in [1.54, 1.807) is 0 Å². The maximum Gasteiger partial charge on any atom is 0.272 e. The van der Waals surface area contributed by atoms with Crippen LogP contribution in [0.2, 0.25) is 0 Å². The highest BCUT2D eigenvalue weighted by atomic mass is 35.5. The van der Waals surface area contributed by atoms with Gasteiger partial charge in [0.2, 0.25) is 0 Å². The van der Waals surface area contributed by atoms with E-state index in [1.807, 2.05) is 23.0 Å². The number of anilines is 1. The Hall–Kier alpha value is -2.05. The Kier molecular flexibility index (Phi) is 6.74. The topological polar surface area (TPSA) is 62.2 Å². The van der Waals surface area contributed by atoms with Crippen LogP contribution in [0.4, 0.5) is 5.69 Å². The van der Waals surface area contributed by atoms with Crippen LogP contribution >= 0.6 is 12.4 Å². The molecule has 2 atom stereocenters. The highest BCUT2D eigenvalue weighted by molar-refractivity contribution is 5.92. The van der Waals surface area contributed by atoms with Gasteiger partial charge in [-0.3, -0.25) is 9.48 Å². The van der Waals surface area contributed by atoms with Crippen LogP contribution in [-0.2, 0) is 0 Å². The Morgan fingerprint density at radius 3 is 2.78 bits per heavy atom. The number of hydrogen-bond acceptors (Lipinski definition) is 4. The number of nitrogens with one attached hydrogen (secondary N) is 2. The van der Waals surface area contributed by atoms with Crippen LogP contribution < -0.4 is 15.5 Å². The number of piperidine rings is 2. The van der Waals surface area contributed by atoms with Crippen molar-refractivity contribution >= 4 is 24.0 Å². The highest BCUT2D eigenvalue weighted by Gasteiger charge is 2.23. The molecule has 4 rings (SSSR count). The van der Waals surface area contributed by atoms with E-state index in [9.17, 15) is 4.79 Å². The molecule has 0 radical (unpaired) electrons. The number of rotatable bonds is 4. The molecule has 27 heavy (non-hydrogen) atoms. The molecule has 0 saturated carbocycles. The van der Waals surface area contributed by atoms with Crippen LogP contribution in [0.25, 0.3) is 0 Å². The summed E-state index contributed by atoms with van der Waals surface area (Å²) in [5.74, 6) is -0.0626. The van der Waals surface area contributed by atoms with E-state index >= 15 is 0 Å². The molecule has 3 heterocycles. The van der Waals surface area contributed by atoms with Crippen LogP contribution in [0.15, 0.2) is 42.6 Å². The molecule has 2 unspecified atom stereocenters. The summed E-state index contributed by atoms with van der Waals surface area (Å²) in [5, 5.41) is 11.1. The fraction of sp³-hybridized carbons (Fsp3) is 0.500. The highest BCUT2D eigenvalue weighted by Crippen LogP contribution is 2.20. The van der Waals surface area contributed by atoms with Gasteiger partial charge in [-0.2, -0.15) is 5.10 Å². The van der Waals surface area contributed by atoms with Gasteiger partial charge in [0.1, 0.15) is 5.69 Å². The Morgan fingerprint density at radius 1 is 1.15 bits per heavy atom. The van der Waals surface area contributed by atoms with E-state index in [1.165, 1.54) is 5.69 Å². The summed E-state index contributed by atoms with van der Waals surface area (Å²) in [6.07, 6.45) is 6.31. The third-order valence-electron chi connectivity index (χ3n) is 5.36. The Morgan fingerprint density at radius 2 is 2.00 bits per heavy atom. The number of para-hydroxylation sites is 1. The predicted molar refractivity (Wildman–Crippen MR) is 110 cm³/mol. The van der Waals surface area contributed by atoms with Gasteiger partial charge in [0.05, 0.1) is 6.04 Å². The summed E-state index contributed by atoms with van der Waals surface area (Å²) in [5.41, 5.74) is 1.74. The summed E-state index contributed by atoms with van der Waals surface area (Å²) < 4.78 is 1.94. The molecule has 2 fully saturated rings. The molecule has 2 N–H and O–H groups in total. The van der Waals surface area contributed by atoms with Gasteiger partial charge in [0.15, 0.2) is 0 Å². The van der Waals surface area contributed by atoms with Gasteiger partial charge < -0.3 is 15.5 Å². The zero-order valence-corrected chi connectivity index (χ0v) is 16.3. The monoisotopic (exact) mass is 389 g/mol. The fourth-order valence-corrected chi connectivity index (χ4v) is 3.95.